The van der Waals surface area contributed by atoms with Crippen molar-refractivity contribution in [2.24, 2.45) is 0 Å². The summed E-state index contributed by atoms with van der Waals surface area (Å²) < 4.78 is 5.98. The van der Waals surface area contributed by atoms with E-state index < -0.39 is 0 Å². The minimum atomic E-state index is -0.0635. The molecule has 0 bridgehead atoms. The van der Waals surface area contributed by atoms with Gasteiger partial charge in [-0.25, -0.2) is 0 Å². The van der Waals surface area contributed by atoms with Crippen molar-refractivity contribution in [2.45, 2.75) is 44.6 Å². The molecule has 1 saturated heterocycles. The number of amides is 1. The number of nitrogens with one attached hydrogen (secondary N) is 2. The van der Waals surface area contributed by atoms with Crippen molar-refractivity contribution in [3.63, 3.8) is 0 Å². The zero-order valence-electron chi connectivity index (χ0n) is 14.4. The van der Waals surface area contributed by atoms with Crippen LogP contribution in [0.2, 0.25) is 0 Å². The summed E-state index contributed by atoms with van der Waals surface area (Å²) in [6.07, 6.45) is 6.85. The van der Waals surface area contributed by atoms with Crippen LogP contribution in [0.4, 0.5) is 5.69 Å². The zero-order valence-corrected chi connectivity index (χ0v) is 14.4. The molecule has 4 heteroatoms. The van der Waals surface area contributed by atoms with E-state index in [1.807, 2.05) is 30.3 Å². The fourth-order valence-electron chi connectivity index (χ4n) is 3.65. The molecule has 0 unspecified atom stereocenters. The van der Waals surface area contributed by atoms with Crippen LogP contribution in [0.1, 0.15) is 36.8 Å². The van der Waals surface area contributed by atoms with E-state index in [0.29, 0.717) is 0 Å². The van der Waals surface area contributed by atoms with Gasteiger partial charge in [0.15, 0.2) is 0 Å². The first-order chi connectivity index (χ1) is 12.3. The van der Waals surface area contributed by atoms with Crippen molar-refractivity contribution < 1.29 is 9.53 Å². The first kappa shape index (κ1) is 16.2. The summed E-state index contributed by atoms with van der Waals surface area (Å²) in [5.74, 6) is 1.71. The highest BCUT2D eigenvalue weighted by molar-refractivity contribution is 5.95. The lowest BCUT2D eigenvalue weighted by Crippen LogP contribution is -2.35. The third-order valence-electron chi connectivity index (χ3n) is 5.05. The van der Waals surface area contributed by atoms with Crippen LogP contribution in [0, 0.1) is 0 Å². The molecule has 1 heterocycles. The third-order valence-corrected chi connectivity index (χ3v) is 5.05. The standard InChI is InChI=1S/C21H24N2O2/c24-21(20-6-3-13-22-20)23-17-8-11-18(12-9-17)25-19-10-7-15-4-1-2-5-16(15)14-19/h7-12,14,20,22H,1-6,13H2,(H,23,24)/t20-/m0/s1. The molecule has 0 radical (unpaired) electrons. The largest absolute Gasteiger partial charge is 0.457 e. The average Bonchev–Trinajstić information content (AvgIpc) is 3.18. The number of carbonyl (C=O) groups excluding carboxylic acids is 1. The van der Waals surface area contributed by atoms with Crippen LogP contribution in [-0.4, -0.2) is 18.5 Å². The van der Waals surface area contributed by atoms with E-state index in [9.17, 15) is 4.79 Å². The molecule has 2 aliphatic rings. The van der Waals surface area contributed by atoms with Gasteiger partial charge in [0, 0.05) is 5.69 Å². The number of benzene rings is 2. The van der Waals surface area contributed by atoms with E-state index in [0.717, 1.165) is 43.0 Å². The highest BCUT2D eigenvalue weighted by Crippen LogP contribution is 2.29. The van der Waals surface area contributed by atoms with Crippen molar-refractivity contribution in [1.29, 1.82) is 0 Å². The maximum atomic E-state index is 12.1. The summed E-state index contributed by atoms with van der Waals surface area (Å²) in [6.45, 7) is 0.922. The summed E-state index contributed by atoms with van der Waals surface area (Å²) in [6, 6.07) is 13.9. The molecule has 130 valence electrons. The summed E-state index contributed by atoms with van der Waals surface area (Å²) in [5.41, 5.74) is 3.67. The number of hydrogen-bond acceptors (Lipinski definition) is 3. The molecule has 0 saturated carbocycles. The molecule has 1 amide bonds. The summed E-state index contributed by atoms with van der Waals surface area (Å²) in [5, 5.41) is 6.17. The predicted molar refractivity (Wildman–Crippen MR) is 99.3 cm³/mol. The lowest BCUT2D eigenvalue weighted by atomic mass is 9.92. The topological polar surface area (TPSA) is 50.4 Å². The molecule has 4 nitrogen and oxygen atoms in total. The van der Waals surface area contributed by atoms with Gasteiger partial charge in [-0.3, -0.25) is 4.79 Å². The first-order valence-electron chi connectivity index (χ1n) is 9.22. The Labute approximate surface area is 148 Å². The third kappa shape index (κ3) is 3.85. The number of fused-ring (bicyclic) bond motifs is 1. The lowest BCUT2D eigenvalue weighted by Gasteiger charge is -2.17. The molecule has 4 rings (SSSR count). The van der Waals surface area contributed by atoms with Gasteiger partial charge in [-0.05, 0) is 92.6 Å². The fraction of sp³-hybridized carbons (Fsp3) is 0.381. The SMILES string of the molecule is O=C(Nc1ccc(Oc2ccc3c(c2)CCCC3)cc1)[C@@H]1CCCN1. The van der Waals surface area contributed by atoms with Crippen LogP contribution >= 0.6 is 0 Å². The second-order valence-electron chi connectivity index (χ2n) is 6.90. The van der Waals surface area contributed by atoms with Gasteiger partial charge in [0.25, 0.3) is 0 Å². The molecule has 2 aromatic rings. The molecule has 1 aliphatic heterocycles. The number of aryl methyl sites for hydroxylation is 2. The van der Waals surface area contributed by atoms with Crippen molar-refractivity contribution in [3.05, 3.63) is 53.6 Å². The van der Waals surface area contributed by atoms with Crippen LogP contribution < -0.4 is 15.4 Å². The smallest absolute Gasteiger partial charge is 0.241 e. The van der Waals surface area contributed by atoms with Crippen LogP contribution in [0.15, 0.2) is 42.5 Å². The zero-order chi connectivity index (χ0) is 17.1. The van der Waals surface area contributed by atoms with E-state index >= 15 is 0 Å². The lowest BCUT2D eigenvalue weighted by molar-refractivity contribution is -0.117. The molecule has 25 heavy (non-hydrogen) atoms. The Morgan fingerprint density at radius 2 is 1.72 bits per heavy atom. The Kier molecular flexibility index (Phi) is 4.70. The van der Waals surface area contributed by atoms with Crippen LogP contribution in [0.5, 0.6) is 11.5 Å². The van der Waals surface area contributed by atoms with E-state index in [1.54, 1.807) is 0 Å². The molecular formula is C21H24N2O2. The Bertz CT molecular complexity index is 749. The highest BCUT2D eigenvalue weighted by atomic mass is 16.5. The molecular weight excluding hydrogens is 312 g/mol. The van der Waals surface area contributed by atoms with Gasteiger partial charge in [-0.2, -0.15) is 0 Å². The molecule has 0 aromatic heterocycles. The Hall–Kier alpha value is -2.33. The van der Waals surface area contributed by atoms with Crippen LogP contribution in [-0.2, 0) is 17.6 Å². The van der Waals surface area contributed by atoms with E-state index in [2.05, 4.69) is 22.8 Å². The monoisotopic (exact) mass is 336 g/mol. The van der Waals surface area contributed by atoms with Crippen molar-refractivity contribution >= 4 is 11.6 Å². The first-order valence-corrected chi connectivity index (χ1v) is 9.22. The highest BCUT2D eigenvalue weighted by Gasteiger charge is 2.21. The van der Waals surface area contributed by atoms with Gasteiger partial charge >= 0.3 is 0 Å². The molecule has 2 aromatic carbocycles. The maximum Gasteiger partial charge on any atom is 0.241 e. The second kappa shape index (κ2) is 7.28. The second-order valence-corrected chi connectivity index (χ2v) is 6.90. The number of ether oxygens (including phenoxy) is 1. The number of carbonyl (C=O) groups is 1. The normalized spacial score (nSPS) is 19.3. The quantitative estimate of drug-likeness (QED) is 0.886. The predicted octanol–water partition coefficient (Wildman–Crippen LogP) is 4.05. The van der Waals surface area contributed by atoms with Crippen molar-refractivity contribution in [2.75, 3.05) is 11.9 Å². The van der Waals surface area contributed by atoms with E-state index in [1.165, 1.54) is 30.4 Å². The number of anilines is 1. The molecule has 2 N–H and O–H groups in total. The maximum absolute atomic E-state index is 12.1. The Morgan fingerprint density at radius 3 is 2.48 bits per heavy atom. The van der Waals surface area contributed by atoms with E-state index in [-0.39, 0.29) is 11.9 Å². The number of hydrogen-bond donors (Lipinski definition) is 2. The van der Waals surface area contributed by atoms with Crippen LogP contribution in [0.25, 0.3) is 0 Å². The van der Waals surface area contributed by atoms with Crippen molar-refractivity contribution in [1.82, 2.24) is 5.32 Å². The summed E-state index contributed by atoms with van der Waals surface area (Å²) in [4.78, 5) is 12.1. The Morgan fingerprint density at radius 1 is 0.960 bits per heavy atom. The van der Waals surface area contributed by atoms with Gasteiger partial charge in [-0.15, -0.1) is 0 Å². The minimum absolute atomic E-state index is 0.0425. The van der Waals surface area contributed by atoms with Crippen molar-refractivity contribution in [3.8, 4) is 11.5 Å². The number of rotatable bonds is 4. The molecule has 1 aliphatic carbocycles. The van der Waals surface area contributed by atoms with E-state index in [4.69, 9.17) is 4.74 Å². The van der Waals surface area contributed by atoms with Crippen LogP contribution in [0.3, 0.4) is 0 Å². The molecule has 0 spiro atoms. The Balaban J connectivity index is 1.39. The minimum Gasteiger partial charge on any atom is -0.457 e. The van der Waals surface area contributed by atoms with Gasteiger partial charge in [0.05, 0.1) is 6.04 Å². The van der Waals surface area contributed by atoms with Gasteiger partial charge in [-0.1, -0.05) is 6.07 Å². The molecule has 1 fully saturated rings. The molecule has 1 atom stereocenters. The summed E-state index contributed by atoms with van der Waals surface area (Å²) in [7, 11) is 0. The van der Waals surface area contributed by atoms with Gasteiger partial charge < -0.3 is 15.4 Å². The fourth-order valence-corrected chi connectivity index (χ4v) is 3.65. The van der Waals surface area contributed by atoms with Gasteiger partial charge in [0.1, 0.15) is 11.5 Å². The van der Waals surface area contributed by atoms with Gasteiger partial charge in [0.2, 0.25) is 5.91 Å². The summed E-state index contributed by atoms with van der Waals surface area (Å²) >= 11 is 0. The average molecular weight is 336 g/mol.